The van der Waals surface area contributed by atoms with E-state index in [4.69, 9.17) is 4.74 Å². The predicted molar refractivity (Wildman–Crippen MR) is 109 cm³/mol. The van der Waals surface area contributed by atoms with E-state index in [1.54, 1.807) is 25.1 Å². The summed E-state index contributed by atoms with van der Waals surface area (Å²) in [7, 11) is 3.24. The first kappa shape index (κ1) is 20.7. The molecule has 10 nitrogen and oxygen atoms in total. The van der Waals surface area contributed by atoms with Gasteiger partial charge >= 0.3 is 11.8 Å². The molecule has 1 aromatic heterocycles. The number of amides is 1. The van der Waals surface area contributed by atoms with Gasteiger partial charge in [-0.15, -0.1) is 0 Å². The van der Waals surface area contributed by atoms with Gasteiger partial charge in [-0.1, -0.05) is 0 Å². The molecule has 10 heteroatoms. The van der Waals surface area contributed by atoms with Gasteiger partial charge in [0.15, 0.2) is 0 Å². The molecule has 1 aliphatic rings. The molecule has 2 heterocycles. The molecule has 1 saturated heterocycles. The van der Waals surface area contributed by atoms with Gasteiger partial charge in [0.05, 0.1) is 16.0 Å². The summed E-state index contributed by atoms with van der Waals surface area (Å²) < 4.78 is 8.31. The Morgan fingerprint density at radius 3 is 2.28 bits per heavy atom. The van der Waals surface area contributed by atoms with Gasteiger partial charge in [-0.2, -0.15) is 0 Å². The topological polar surface area (TPSA) is 103 Å². The highest BCUT2D eigenvalue weighted by molar-refractivity contribution is 5.86. The van der Waals surface area contributed by atoms with Crippen LogP contribution in [0, 0.1) is 10.1 Å². The summed E-state index contributed by atoms with van der Waals surface area (Å²) in [5.41, 5.74) is 0.692. The van der Waals surface area contributed by atoms with E-state index in [2.05, 4.69) is 0 Å². The molecule has 0 saturated carbocycles. The molecule has 0 aliphatic carbocycles. The van der Waals surface area contributed by atoms with E-state index in [-0.39, 0.29) is 23.5 Å². The van der Waals surface area contributed by atoms with Crippen molar-refractivity contribution >= 4 is 28.5 Å². The normalized spacial score (nSPS) is 17.7. The van der Waals surface area contributed by atoms with E-state index in [1.807, 2.05) is 32.6 Å². The Kier molecular flexibility index (Phi) is 5.06. The standard InChI is InChI=1S/C19H27N5O5/c1-12-11-22(18(26)29-19(2,3)4)7-8-23(12)15-9-13-14(10-16(15)24(27)28)21(6)17(25)20(13)5/h9-10,12H,7-8,11H2,1-6H3/t12-/m1/s1. The van der Waals surface area contributed by atoms with Gasteiger partial charge in [-0.05, 0) is 33.8 Å². The number of nitro groups is 1. The quantitative estimate of drug-likeness (QED) is 0.561. The molecule has 0 radical (unpaired) electrons. The lowest BCUT2D eigenvalue weighted by Crippen LogP contribution is -2.54. The van der Waals surface area contributed by atoms with Crippen LogP contribution in [0.5, 0.6) is 0 Å². The van der Waals surface area contributed by atoms with Crippen LogP contribution in [0.15, 0.2) is 16.9 Å². The van der Waals surface area contributed by atoms with Gasteiger partial charge in [0, 0.05) is 45.8 Å². The minimum Gasteiger partial charge on any atom is -0.444 e. The lowest BCUT2D eigenvalue weighted by Gasteiger charge is -2.41. The molecule has 1 aliphatic heterocycles. The van der Waals surface area contributed by atoms with Crippen LogP contribution in [0.3, 0.4) is 0 Å². The molecule has 1 atom stereocenters. The first-order valence-electron chi connectivity index (χ1n) is 9.49. The Morgan fingerprint density at radius 1 is 1.17 bits per heavy atom. The molecule has 0 spiro atoms. The Morgan fingerprint density at radius 2 is 1.76 bits per heavy atom. The number of rotatable bonds is 2. The van der Waals surface area contributed by atoms with Crippen molar-refractivity contribution in [1.82, 2.24) is 14.0 Å². The molecular weight excluding hydrogens is 378 g/mol. The van der Waals surface area contributed by atoms with Gasteiger partial charge in [-0.3, -0.25) is 19.2 Å². The van der Waals surface area contributed by atoms with E-state index in [0.29, 0.717) is 36.4 Å². The van der Waals surface area contributed by atoms with Gasteiger partial charge in [0.2, 0.25) is 0 Å². The number of carbonyl (C=O) groups excluding carboxylic acids is 1. The number of ether oxygens (including phenoxy) is 1. The highest BCUT2D eigenvalue weighted by Crippen LogP contribution is 2.34. The average molecular weight is 405 g/mol. The summed E-state index contributed by atoms with van der Waals surface area (Å²) in [5.74, 6) is 0. The zero-order valence-electron chi connectivity index (χ0n) is 17.6. The van der Waals surface area contributed by atoms with E-state index >= 15 is 0 Å². The Labute approximate surface area is 168 Å². The molecule has 2 aromatic rings. The lowest BCUT2D eigenvalue weighted by atomic mass is 10.1. The molecule has 1 aromatic carbocycles. The largest absolute Gasteiger partial charge is 0.444 e. The van der Waals surface area contributed by atoms with Crippen molar-refractivity contribution in [3.05, 3.63) is 32.7 Å². The van der Waals surface area contributed by atoms with Crippen molar-refractivity contribution in [3.8, 4) is 0 Å². The summed E-state index contributed by atoms with van der Waals surface area (Å²) in [6.45, 7) is 8.55. The SMILES string of the molecule is C[C@@H]1CN(C(=O)OC(C)(C)C)CCN1c1cc2c(cc1[N+](=O)[O-])n(C)c(=O)n2C. The van der Waals surface area contributed by atoms with Crippen molar-refractivity contribution < 1.29 is 14.5 Å². The third-order valence-electron chi connectivity index (χ3n) is 5.15. The van der Waals surface area contributed by atoms with Crippen molar-refractivity contribution in [1.29, 1.82) is 0 Å². The average Bonchev–Trinajstić information content (AvgIpc) is 2.83. The fourth-order valence-electron chi connectivity index (χ4n) is 3.71. The van der Waals surface area contributed by atoms with Crippen molar-refractivity contribution in [2.24, 2.45) is 14.1 Å². The highest BCUT2D eigenvalue weighted by atomic mass is 16.6. The maximum absolute atomic E-state index is 12.4. The number of nitrogens with zero attached hydrogens (tertiary/aromatic N) is 5. The number of aryl methyl sites for hydroxylation is 2. The third-order valence-corrected chi connectivity index (χ3v) is 5.15. The van der Waals surface area contributed by atoms with E-state index in [1.165, 1.54) is 15.2 Å². The number of fused-ring (bicyclic) bond motifs is 1. The number of nitro benzene ring substituents is 1. The minimum atomic E-state index is -0.584. The first-order chi connectivity index (χ1) is 13.4. The molecule has 0 bridgehead atoms. The van der Waals surface area contributed by atoms with Crippen molar-refractivity contribution in [2.45, 2.75) is 39.3 Å². The second kappa shape index (κ2) is 7.09. The van der Waals surface area contributed by atoms with E-state index < -0.39 is 10.5 Å². The summed E-state index contributed by atoms with van der Waals surface area (Å²) in [5, 5.41) is 11.7. The smallest absolute Gasteiger partial charge is 0.410 e. The molecule has 1 amide bonds. The number of benzene rings is 1. The number of anilines is 1. The van der Waals surface area contributed by atoms with Gasteiger partial charge in [-0.25, -0.2) is 9.59 Å². The van der Waals surface area contributed by atoms with Crippen LogP contribution in [0.4, 0.5) is 16.2 Å². The number of hydrogen-bond donors (Lipinski definition) is 0. The fraction of sp³-hybridized carbons (Fsp3) is 0.579. The lowest BCUT2D eigenvalue weighted by molar-refractivity contribution is -0.384. The van der Waals surface area contributed by atoms with Crippen LogP contribution in [0.1, 0.15) is 27.7 Å². The molecule has 158 valence electrons. The molecule has 1 fully saturated rings. The molecule has 3 rings (SSSR count). The van der Waals surface area contributed by atoms with Crippen LogP contribution in [0.2, 0.25) is 0 Å². The van der Waals surface area contributed by atoms with Crippen molar-refractivity contribution in [2.75, 3.05) is 24.5 Å². The number of carbonyl (C=O) groups is 1. The summed E-state index contributed by atoms with van der Waals surface area (Å²) in [6.07, 6.45) is -0.389. The van der Waals surface area contributed by atoms with Crippen molar-refractivity contribution in [3.63, 3.8) is 0 Å². The second-order valence-electron chi connectivity index (χ2n) is 8.46. The van der Waals surface area contributed by atoms with Gasteiger partial charge in [0.1, 0.15) is 11.3 Å². The maximum Gasteiger partial charge on any atom is 0.410 e. The minimum absolute atomic E-state index is 0.0590. The summed E-state index contributed by atoms with van der Waals surface area (Å²) in [6, 6.07) is 2.97. The predicted octanol–water partition coefficient (Wildman–Crippen LogP) is 2.23. The number of imidazole rings is 1. The zero-order chi connectivity index (χ0) is 21.7. The Balaban J connectivity index is 1.96. The van der Waals surface area contributed by atoms with Crippen LogP contribution < -0.4 is 10.6 Å². The van der Waals surface area contributed by atoms with Crippen LogP contribution in [-0.4, -0.2) is 56.3 Å². The third kappa shape index (κ3) is 3.79. The highest BCUT2D eigenvalue weighted by Gasteiger charge is 2.33. The number of piperazine rings is 1. The number of aromatic nitrogens is 2. The second-order valence-corrected chi connectivity index (χ2v) is 8.46. The van der Waals surface area contributed by atoms with Crippen LogP contribution in [-0.2, 0) is 18.8 Å². The van der Waals surface area contributed by atoms with E-state index in [9.17, 15) is 19.7 Å². The Hall–Kier alpha value is -3.04. The fourth-order valence-corrected chi connectivity index (χ4v) is 3.71. The molecule has 29 heavy (non-hydrogen) atoms. The van der Waals surface area contributed by atoms with Gasteiger partial charge in [0.25, 0.3) is 5.69 Å². The monoisotopic (exact) mass is 405 g/mol. The van der Waals surface area contributed by atoms with E-state index in [0.717, 1.165) is 0 Å². The van der Waals surface area contributed by atoms with Crippen LogP contribution >= 0.6 is 0 Å². The summed E-state index contributed by atoms with van der Waals surface area (Å²) in [4.78, 5) is 39.5. The van der Waals surface area contributed by atoms with Gasteiger partial charge < -0.3 is 14.5 Å². The first-order valence-corrected chi connectivity index (χ1v) is 9.49. The number of hydrogen-bond acceptors (Lipinski definition) is 6. The summed E-state index contributed by atoms with van der Waals surface area (Å²) >= 11 is 0. The Bertz CT molecular complexity index is 1030. The zero-order valence-corrected chi connectivity index (χ0v) is 17.6. The van der Waals surface area contributed by atoms with Crippen LogP contribution in [0.25, 0.3) is 11.0 Å². The molecular formula is C19H27N5O5. The maximum atomic E-state index is 12.4. The molecule has 0 N–H and O–H groups in total. The molecule has 0 unspecified atom stereocenters.